The molecule has 33 heavy (non-hydrogen) atoms. The van der Waals surface area contributed by atoms with Crippen LogP contribution in [0, 0.1) is 5.41 Å². The summed E-state index contributed by atoms with van der Waals surface area (Å²) in [5.41, 5.74) is 8.64. The highest BCUT2D eigenvalue weighted by molar-refractivity contribution is 6.35. The molecule has 0 aliphatic carbocycles. The second-order valence-corrected chi connectivity index (χ2v) is 7.90. The van der Waals surface area contributed by atoms with Crippen LogP contribution in [0.1, 0.15) is 16.7 Å². The van der Waals surface area contributed by atoms with Crippen LogP contribution in [0.4, 0.5) is 11.4 Å². The molecule has 3 aromatic rings. The lowest BCUT2D eigenvalue weighted by atomic mass is 10.0. The number of carbonyl (C=O) groups excluding carboxylic acids is 1. The Bertz CT molecular complexity index is 1240. The number of ether oxygens (including phenoxy) is 2. The Morgan fingerprint density at radius 1 is 1.27 bits per heavy atom. The summed E-state index contributed by atoms with van der Waals surface area (Å²) in [4.78, 5) is 21.9. The number of amides is 1. The quantitative estimate of drug-likeness (QED) is 0.307. The predicted octanol–water partition coefficient (Wildman–Crippen LogP) is 4.27. The molecule has 0 radical (unpaired) electrons. The minimum absolute atomic E-state index is 0.116. The molecule has 1 amide bonds. The van der Waals surface area contributed by atoms with E-state index in [0.717, 1.165) is 0 Å². The molecule has 0 spiro atoms. The van der Waals surface area contributed by atoms with Gasteiger partial charge >= 0.3 is 0 Å². The maximum Gasteiger partial charge on any atom is 0.250 e. The van der Waals surface area contributed by atoms with Gasteiger partial charge in [-0.2, -0.15) is 0 Å². The fourth-order valence-corrected chi connectivity index (χ4v) is 3.78. The van der Waals surface area contributed by atoms with Crippen molar-refractivity contribution in [1.29, 1.82) is 5.41 Å². The number of hydrogen-bond acceptors (Lipinski definition) is 7. The van der Waals surface area contributed by atoms with Crippen molar-refractivity contribution < 1.29 is 14.3 Å². The highest BCUT2D eigenvalue weighted by Crippen LogP contribution is 2.32. The average molecular weight is 484 g/mol. The van der Waals surface area contributed by atoms with Crippen LogP contribution in [0.5, 0.6) is 11.6 Å². The molecule has 0 atom stereocenters. The fourth-order valence-electron chi connectivity index (χ4n) is 3.30. The molecule has 3 N–H and O–H groups in total. The first-order valence-corrected chi connectivity index (χ1v) is 10.6. The SMILES string of the molecule is C=CC(=O)N1CCOc2ncc(C(=N)c3cc(OCc4c(Cl)cncc4Cl)ccc3N)cc21. The second-order valence-electron chi connectivity index (χ2n) is 7.09. The number of nitrogens with two attached hydrogens (primary N) is 1. The van der Waals surface area contributed by atoms with Crippen molar-refractivity contribution >= 4 is 46.2 Å². The van der Waals surface area contributed by atoms with Crippen LogP contribution in [-0.2, 0) is 11.4 Å². The molecule has 0 fully saturated rings. The van der Waals surface area contributed by atoms with Gasteiger partial charge in [-0.1, -0.05) is 29.8 Å². The third kappa shape index (κ3) is 4.62. The van der Waals surface area contributed by atoms with E-state index in [-0.39, 0.29) is 18.2 Å². The molecule has 0 saturated heterocycles. The molecule has 1 aliphatic rings. The Kier molecular flexibility index (Phi) is 6.48. The summed E-state index contributed by atoms with van der Waals surface area (Å²) in [5, 5.41) is 9.51. The number of pyridine rings is 2. The average Bonchev–Trinajstić information content (AvgIpc) is 2.83. The molecule has 168 valence electrons. The number of hydrogen-bond donors (Lipinski definition) is 2. The van der Waals surface area contributed by atoms with Gasteiger partial charge in [-0.05, 0) is 30.3 Å². The molecule has 1 aliphatic heterocycles. The predicted molar refractivity (Wildman–Crippen MR) is 128 cm³/mol. The number of aromatic nitrogens is 2. The van der Waals surface area contributed by atoms with E-state index in [1.807, 2.05) is 0 Å². The van der Waals surface area contributed by atoms with Gasteiger partial charge in [0.1, 0.15) is 24.7 Å². The number of carbonyl (C=O) groups is 1. The number of nitrogens with one attached hydrogen (secondary N) is 1. The summed E-state index contributed by atoms with van der Waals surface area (Å²) in [6.07, 6.45) is 5.71. The van der Waals surface area contributed by atoms with Crippen molar-refractivity contribution in [3.05, 3.63) is 82.2 Å². The van der Waals surface area contributed by atoms with Gasteiger partial charge in [0.25, 0.3) is 5.91 Å². The van der Waals surface area contributed by atoms with Gasteiger partial charge in [0.2, 0.25) is 5.88 Å². The Hall–Kier alpha value is -3.62. The minimum Gasteiger partial charge on any atom is -0.489 e. The molecule has 2 aromatic heterocycles. The van der Waals surface area contributed by atoms with Gasteiger partial charge in [-0.25, -0.2) is 4.98 Å². The fraction of sp³-hybridized carbons (Fsp3) is 0.130. The Morgan fingerprint density at radius 2 is 2.03 bits per heavy atom. The summed E-state index contributed by atoms with van der Waals surface area (Å²) in [6.45, 7) is 4.35. The number of nitrogens with zero attached hydrogens (tertiary/aromatic N) is 3. The minimum atomic E-state index is -0.270. The highest BCUT2D eigenvalue weighted by atomic mass is 35.5. The van der Waals surface area contributed by atoms with Gasteiger partial charge < -0.3 is 20.1 Å². The second kappa shape index (κ2) is 9.48. The van der Waals surface area contributed by atoms with Gasteiger partial charge in [0.05, 0.1) is 22.3 Å². The molecule has 0 unspecified atom stereocenters. The van der Waals surface area contributed by atoms with Gasteiger partial charge in [0, 0.05) is 41.0 Å². The molecule has 10 heteroatoms. The molecule has 1 aromatic carbocycles. The molecule has 0 saturated carbocycles. The smallest absolute Gasteiger partial charge is 0.250 e. The molecule has 3 heterocycles. The van der Waals surface area contributed by atoms with Crippen LogP contribution >= 0.6 is 23.2 Å². The first-order valence-electron chi connectivity index (χ1n) is 9.85. The molecular weight excluding hydrogens is 465 g/mol. The maximum absolute atomic E-state index is 12.2. The third-order valence-corrected chi connectivity index (χ3v) is 5.69. The molecule has 0 bridgehead atoms. The van der Waals surface area contributed by atoms with E-state index in [1.54, 1.807) is 24.3 Å². The van der Waals surface area contributed by atoms with Crippen LogP contribution in [0.25, 0.3) is 0 Å². The number of benzene rings is 1. The standard InChI is InChI=1S/C23H19Cl2N5O3/c1-2-21(31)30-5-6-32-23-20(30)7-13(9-29-23)22(27)15-8-14(3-4-19(15)26)33-12-16-17(24)10-28-11-18(16)25/h2-4,7-11,27H,1,5-6,12,26H2. The monoisotopic (exact) mass is 483 g/mol. The van der Waals surface area contributed by atoms with E-state index in [0.29, 0.717) is 62.9 Å². The van der Waals surface area contributed by atoms with Gasteiger partial charge in [0.15, 0.2) is 0 Å². The highest BCUT2D eigenvalue weighted by Gasteiger charge is 2.24. The lowest BCUT2D eigenvalue weighted by molar-refractivity contribution is -0.114. The van der Waals surface area contributed by atoms with Crippen molar-refractivity contribution in [3.63, 3.8) is 0 Å². The van der Waals surface area contributed by atoms with E-state index in [1.165, 1.54) is 29.6 Å². The van der Waals surface area contributed by atoms with Crippen LogP contribution in [0.2, 0.25) is 10.0 Å². The van der Waals surface area contributed by atoms with E-state index in [4.69, 9.17) is 43.8 Å². The zero-order chi connectivity index (χ0) is 23.5. The topological polar surface area (TPSA) is 114 Å². The summed E-state index contributed by atoms with van der Waals surface area (Å²) in [5.74, 6) is 0.531. The zero-order valence-electron chi connectivity index (χ0n) is 17.3. The maximum atomic E-state index is 12.2. The van der Waals surface area contributed by atoms with Crippen LogP contribution < -0.4 is 20.1 Å². The van der Waals surface area contributed by atoms with Crippen molar-refractivity contribution in [2.45, 2.75) is 6.61 Å². The van der Waals surface area contributed by atoms with Crippen molar-refractivity contribution in [3.8, 4) is 11.6 Å². The zero-order valence-corrected chi connectivity index (χ0v) is 18.9. The molecule has 8 nitrogen and oxygen atoms in total. The Balaban J connectivity index is 1.61. The van der Waals surface area contributed by atoms with Crippen molar-refractivity contribution in [2.24, 2.45) is 0 Å². The largest absolute Gasteiger partial charge is 0.489 e. The summed E-state index contributed by atoms with van der Waals surface area (Å²) in [7, 11) is 0. The van der Waals surface area contributed by atoms with E-state index in [2.05, 4.69) is 16.5 Å². The summed E-state index contributed by atoms with van der Waals surface area (Å²) in [6, 6.07) is 6.67. The third-order valence-electron chi connectivity index (χ3n) is 5.04. The Morgan fingerprint density at radius 3 is 2.76 bits per heavy atom. The number of fused-ring (bicyclic) bond motifs is 1. The Labute approximate surface area is 200 Å². The van der Waals surface area contributed by atoms with E-state index in [9.17, 15) is 4.79 Å². The summed E-state index contributed by atoms with van der Waals surface area (Å²) >= 11 is 12.3. The molecular formula is C23H19Cl2N5O3. The van der Waals surface area contributed by atoms with Crippen LogP contribution in [0.15, 0.2) is 55.5 Å². The van der Waals surface area contributed by atoms with Crippen molar-refractivity contribution in [2.75, 3.05) is 23.8 Å². The number of rotatable bonds is 6. The van der Waals surface area contributed by atoms with Crippen LogP contribution in [0.3, 0.4) is 0 Å². The van der Waals surface area contributed by atoms with E-state index >= 15 is 0 Å². The van der Waals surface area contributed by atoms with Crippen LogP contribution in [-0.4, -0.2) is 34.7 Å². The normalized spacial score (nSPS) is 12.5. The first kappa shape index (κ1) is 22.6. The first-order chi connectivity index (χ1) is 15.9. The van der Waals surface area contributed by atoms with Crippen molar-refractivity contribution in [1.82, 2.24) is 9.97 Å². The summed E-state index contributed by atoms with van der Waals surface area (Å²) < 4.78 is 11.4. The lowest BCUT2D eigenvalue weighted by Crippen LogP contribution is -2.37. The number of halogens is 2. The lowest BCUT2D eigenvalue weighted by Gasteiger charge is -2.28. The van der Waals surface area contributed by atoms with E-state index < -0.39 is 0 Å². The van der Waals surface area contributed by atoms with Gasteiger partial charge in [-0.15, -0.1) is 0 Å². The van der Waals surface area contributed by atoms with Gasteiger partial charge in [-0.3, -0.25) is 15.2 Å². The number of anilines is 2. The molecule has 4 rings (SSSR count). The number of nitrogen functional groups attached to an aromatic ring is 1.